The largest absolute Gasteiger partial charge is 0.402 e. The van der Waals surface area contributed by atoms with Gasteiger partial charge in [0.05, 0.1) is 16.7 Å². The molecule has 0 spiro atoms. The van der Waals surface area contributed by atoms with Crippen molar-refractivity contribution in [2.45, 2.75) is 11.8 Å². The molecule has 140 valence electrons. The summed E-state index contributed by atoms with van der Waals surface area (Å²) in [5.74, 6) is 0. The van der Waals surface area contributed by atoms with Crippen LogP contribution in [0.3, 0.4) is 0 Å². The van der Waals surface area contributed by atoms with Crippen LogP contribution in [0.4, 0.5) is 5.69 Å². The van der Waals surface area contributed by atoms with E-state index in [1.807, 2.05) is 55.5 Å². The van der Waals surface area contributed by atoms with Crippen LogP contribution in [0.25, 0.3) is 5.70 Å². The maximum Gasteiger partial charge on any atom is 0.0992 e. The second-order valence-electron chi connectivity index (χ2n) is 5.74. The fraction of sp³-hybridized carbons (Fsp3) is 0.150. The van der Waals surface area contributed by atoms with Crippen LogP contribution >= 0.6 is 23.5 Å². The van der Waals surface area contributed by atoms with Crippen LogP contribution in [0.1, 0.15) is 18.1 Å². The number of allylic oxidation sites excluding steroid dienone is 3. The number of halogens is 1. The summed E-state index contributed by atoms with van der Waals surface area (Å²) in [4.78, 5) is 0.947. The first-order valence-electron chi connectivity index (χ1n) is 8.34. The van der Waals surface area contributed by atoms with E-state index in [0.717, 1.165) is 21.8 Å². The van der Waals surface area contributed by atoms with Gasteiger partial charge in [0.2, 0.25) is 0 Å². The quantitative estimate of drug-likeness (QED) is 0.394. The van der Waals surface area contributed by atoms with Crippen molar-refractivity contribution >= 4 is 34.9 Å². The number of nitriles is 1. The molecule has 0 aliphatic rings. The molecule has 0 heterocycles. The van der Waals surface area contributed by atoms with Gasteiger partial charge in [0, 0.05) is 40.6 Å². The fourth-order valence-electron chi connectivity index (χ4n) is 2.21. The summed E-state index contributed by atoms with van der Waals surface area (Å²) in [7, 11) is 0. The van der Waals surface area contributed by atoms with E-state index in [1.165, 1.54) is 11.9 Å². The molecule has 2 aromatic carbocycles. The van der Waals surface area contributed by atoms with Gasteiger partial charge in [-0.05, 0) is 67.4 Å². The maximum absolute atomic E-state index is 8.98. The Morgan fingerprint density at radius 1 is 1.26 bits per heavy atom. The van der Waals surface area contributed by atoms with Crippen LogP contribution in [0.2, 0.25) is 5.02 Å². The minimum absolute atomic E-state index is 0.512. The average Bonchev–Trinajstić information content (AvgIpc) is 2.67. The SMILES string of the molecule is C/C(N)=C\C=C(/NCCN)c1ccc(NSc2cccc(C#N)c2)cc1Cl. The first-order chi connectivity index (χ1) is 13.0. The molecule has 27 heavy (non-hydrogen) atoms. The highest BCUT2D eigenvalue weighted by molar-refractivity contribution is 8.00. The second-order valence-corrected chi connectivity index (χ2v) is 7.03. The van der Waals surface area contributed by atoms with Crippen LogP contribution in [0, 0.1) is 11.3 Å². The molecule has 0 aliphatic carbocycles. The summed E-state index contributed by atoms with van der Waals surface area (Å²) in [5.41, 5.74) is 15.2. The van der Waals surface area contributed by atoms with Crippen molar-refractivity contribution in [3.05, 3.63) is 76.5 Å². The van der Waals surface area contributed by atoms with Gasteiger partial charge in [0.25, 0.3) is 0 Å². The van der Waals surface area contributed by atoms with Gasteiger partial charge >= 0.3 is 0 Å². The molecule has 0 fully saturated rings. The molecule has 0 aromatic heterocycles. The van der Waals surface area contributed by atoms with E-state index in [2.05, 4.69) is 16.1 Å². The van der Waals surface area contributed by atoms with Crippen molar-refractivity contribution in [1.29, 1.82) is 5.26 Å². The first-order valence-corrected chi connectivity index (χ1v) is 9.54. The zero-order valence-corrected chi connectivity index (χ0v) is 16.6. The monoisotopic (exact) mass is 399 g/mol. The molecule has 0 aliphatic heterocycles. The van der Waals surface area contributed by atoms with Crippen molar-refractivity contribution in [3.8, 4) is 6.07 Å². The molecular weight excluding hydrogens is 378 g/mol. The molecule has 0 saturated heterocycles. The van der Waals surface area contributed by atoms with Crippen molar-refractivity contribution in [2.24, 2.45) is 11.5 Å². The van der Waals surface area contributed by atoms with Crippen LogP contribution in [-0.4, -0.2) is 13.1 Å². The van der Waals surface area contributed by atoms with Crippen LogP contribution in [-0.2, 0) is 0 Å². The van der Waals surface area contributed by atoms with E-state index in [1.54, 1.807) is 6.07 Å². The Bertz CT molecular complexity index is 882. The summed E-state index contributed by atoms with van der Waals surface area (Å²) in [5, 5.41) is 12.8. The molecule has 0 radical (unpaired) electrons. The third kappa shape index (κ3) is 6.57. The van der Waals surface area contributed by atoms with Gasteiger partial charge in [0.1, 0.15) is 0 Å². The number of hydrogen-bond acceptors (Lipinski definition) is 6. The summed E-state index contributed by atoms with van der Waals surface area (Å²) in [6.07, 6.45) is 3.71. The van der Waals surface area contributed by atoms with E-state index in [4.69, 9.17) is 28.3 Å². The van der Waals surface area contributed by atoms with E-state index in [9.17, 15) is 0 Å². The van der Waals surface area contributed by atoms with Gasteiger partial charge in [-0.25, -0.2) is 0 Å². The number of nitrogens with zero attached hydrogens (tertiary/aromatic N) is 1. The van der Waals surface area contributed by atoms with Gasteiger partial charge in [-0.2, -0.15) is 5.26 Å². The zero-order chi connectivity index (χ0) is 19.6. The van der Waals surface area contributed by atoms with E-state index in [0.29, 0.717) is 29.4 Å². The van der Waals surface area contributed by atoms with Crippen molar-refractivity contribution in [1.82, 2.24) is 5.32 Å². The normalized spacial score (nSPS) is 11.8. The predicted molar refractivity (Wildman–Crippen MR) is 115 cm³/mol. The van der Waals surface area contributed by atoms with E-state index >= 15 is 0 Å². The van der Waals surface area contributed by atoms with Crippen LogP contribution in [0.5, 0.6) is 0 Å². The minimum Gasteiger partial charge on any atom is -0.402 e. The van der Waals surface area contributed by atoms with Gasteiger partial charge in [0.15, 0.2) is 0 Å². The molecule has 0 saturated carbocycles. The van der Waals surface area contributed by atoms with E-state index < -0.39 is 0 Å². The summed E-state index contributed by atoms with van der Waals surface area (Å²) >= 11 is 7.91. The molecular formula is C20H22ClN5S. The number of nitrogens with two attached hydrogens (primary N) is 2. The molecule has 2 aromatic rings. The number of nitrogens with one attached hydrogen (secondary N) is 2. The summed E-state index contributed by atoms with van der Waals surface area (Å²) in [6.45, 7) is 2.97. The second kappa shape index (κ2) is 10.5. The summed E-state index contributed by atoms with van der Waals surface area (Å²) in [6, 6.07) is 15.3. The Morgan fingerprint density at radius 2 is 2.07 bits per heavy atom. The van der Waals surface area contributed by atoms with Gasteiger partial charge in [-0.15, -0.1) is 0 Å². The van der Waals surface area contributed by atoms with Crippen molar-refractivity contribution in [2.75, 3.05) is 17.8 Å². The Hall–Kier alpha value is -2.59. The zero-order valence-electron chi connectivity index (χ0n) is 15.0. The number of anilines is 1. The Labute approximate surface area is 169 Å². The number of hydrogen-bond donors (Lipinski definition) is 4. The smallest absolute Gasteiger partial charge is 0.0992 e. The highest BCUT2D eigenvalue weighted by Gasteiger charge is 2.07. The average molecular weight is 400 g/mol. The molecule has 0 amide bonds. The first kappa shape index (κ1) is 20.7. The van der Waals surface area contributed by atoms with Crippen molar-refractivity contribution in [3.63, 3.8) is 0 Å². The molecule has 2 rings (SSSR count). The standard InChI is InChI=1S/C20H22ClN5S/c1-14(24)5-8-20(25-10-9-22)18-7-6-16(12-19(18)21)26-27-17-4-2-3-15(11-17)13-23/h2-8,11-12,25-26H,9-10,22,24H2,1H3/b14-5+,20-8-. The highest BCUT2D eigenvalue weighted by atomic mass is 35.5. The van der Waals surface area contributed by atoms with Gasteiger partial charge < -0.3 is 21.5 Å². The molecule has 0 atom stereocenters. The molecule has 6 N–H and O–H groups in total. The molecule has 0 bridgehead atoms. The Balaban J connectivity index is 2.16. The van der Waals surface area contributed by atoms with Gasteiger partial charge in [-0.3, -0.25) is 0 Å². The number of rotatable bonds is 8. The van der Waals surface area contributed by atoms with Crippen molar-refractivity contribution < 1.29 is 0 Å². The Kier molecular flexibility index (Phi) is 8.08. The Morgan fingerprint density at radius 3 is 2.74 bits per heavy atom. The molecule has 5 nitrogen and oxygen atoms in total. The third-order valence-electron chi connectivity index (χ3n) is 3.48. The van der Waals surface area contributed by atoms with Gasteiger partial charge in [-0.1, -0.05) is 17.7 Å². The molecule has 0 unspecified atom stereocenters. The lowest BCUT2D eigenvalue weighted by Crippen LogP contribution is -2.21. The minimum atomic E-state index is 0.512. The number of benzene rings is 2. The predicted octanol–water partition coefficient (Wildman–Crippen LogP) is 4.08. The lowest BCUT2D eigenvalue weighted by molar-refractivity contribution is 0.857. The lowest BCUT2D eigenvalue weighted by Gasteiger charge is -2.13. The van der Waals surface area contributed by atoms with E-state index in [-0.39, 0.29) is 0 Å². The lowest BCUT2D eigenvalue weighted by atomic mass is 10.1. The van der Waals surface area contributed by atoms with Crippen LogP contribution < -0.4 is 21.5 Å². The fourth-order valence-corrected chi connectivity index (χ4v) is 3.19. The highest BCUT2D eigenvalue weighted by Crippen LogP contribution is 2.29. The topological polar surface area (TPSA) is 99.9 Å². The molecule has 7 heteroatoms. The maximum atomic E-state index is 8.98. The summed E-state index contributed by atoms with van der Waals surface area (Å²) < 4.78 is 3.24. The van der Waals surface area contributed by atoms with Crippen LogP contribution in [0.15, 0.2) is 65.2 Å². The third-order valence-corrected chi connectivity index (χ3v) is 4.62.